The fourth-order valence-corrected chi connectivity index (χ4v) is 12.1. The second-order valence-electron chi connectivity index (χ2n) is 26.5. The van der Waals surface area contributed by atoms with Crippen LogP contribution in [0.3, 0.4) is 0 Å². The maximum absolute atomic E-state index is 7.39. The van der Waals surface area contributed by atoms with Crippen LogP contribution in [0, 0.1) is 6.92 Å². The Kier molecular flexibility index (Phi) is 9.31. The van der Waals surface area contributed by atoms with E-state index in [-0.39, 0.29) is 44.6 Å². The first-order valence-electron chi connectivity index (χ1n) is 24.8. The van der Waals surface area contributed by atoms with Gasteiger partial charge >= 0.3 is 0 Å². The Morgan fingerprint density at radius 3 is 1.54 bits per heavy atom. The molecule has 2 aliphatic carbocycles. The summed E-state index contributed by atoms with van der Waals surface area (Å²) in [5.74, 6) is 0.946. The van der Waals surface area contributed by atoms with E-state index in [9.17, 15) is 0 Å². The molecule has 4 heteroatoms. The zero-order valence-corrected chi connectivity index (χ0v) is 43.2. The van der Waals surface area contributed by atoms with E-state index in [1.165, 1.54) is 120 Å². The summed E-state index contributed by atoms with van der Waals surface area (Å²) in [6, 6.07) is 32.1. The van der Waals surface area contributed by atoms with Gasteiger partial charge in [0.05, 0.1) is 5.69 Å². The average molecular weight is 863 g/mol. The lowest BCUT2D eigenvalue weighted by molar-refractivity contribution is 0.332. The van der Waals surface area contributed by atoms with Crippen molar-refractivity contribution in [2.45, 2.75) is 188 Å². The van der Waals surface area contributed by atoms with Gasteiger partial charge in [-0.25, -0.2) is 0 Å². The Hall–Kier alpha value is -4.70. The van der Waals surface area contributed by atoms with Crippen LogP contribution < -0.4 is 26.2 Å². The van der Waals surface area contributed by atoms with E-state index < -0.39 is 0 Å². The van der Waals surface area contributed by atoms with Crippen molar-refractivity contribution in [2.75, 3.05) is 9.80 Å². The number of rotatable bonds is 2. The van der Waals surface area contributed by atoms with Crippen LogP contribution in [0.2, 0.25) is 0 Å². The van der Waals surface area contributed by atoms with Gasteiger partial charge in [-0.05, 0) is 174 Å². The lowest BCUT2D eigenvalue weighted by Crippen LogP contribution is -2.61. The van der Waals surface area contributed by atoms with Crippen molar-refractivity contribution in [1.82, 2.24) is 0 Å². The minimum absolute atomic E-state index is 0.0263. The minimum Gasteiger partial charge on any atom is -0.440 e. The van der Waals surface area contributed by atoms with Crippen molar-refractivity contribution in [3.63, 3.8) is 0 Å². The van der Waals surface area contributed by atoms with E-state index in [2.05, 4.69) is 213 Å². The lowest BCUT2D eigenvalue weighted by atomic mass is 9.33. The molecule has 0 atom stereocenters. The summed E-state index contributed by atoms with van der Waals surface area (Å²) in [5, 5.41) is 1.22. The molecule has 0 fully saturated rings. The lowest BCUT2D eigenvalue weighted by Gasteiger charge is -2.47. The third-order valence-electron chi connectivity index (χ3n) is 16.8. The van der Waals surface area contributed by atoms with Gasteiger partial charge in [0.25, 0.3) is 6.71 Å². The van der Waals surface area contributed by atoms with Gasteiger partial charge in [-0.3, -0.25) is 4.90 Å². The second-order valence-corrected chi connectivity index (χ2v) is 26.5. The largest absolute Gasteiger partial charge is 0.440 e. The van der Waals surface area contributed by atoms with E-state index in [1.54, 1.807) is 0 Å². The predicted molar refractivity (Wildman–Crippen MR) is 282 cm³/mol. The molecule has 5 aromatic carbocycles. The van der Waals surface area contributed by atoms with E-state index in [4.69, 9.17) is 4.42 Å². The molecule has 0 saturated carbocycles. The standard InChI is InChI=1S/C61H75BN2O/c1-36-29-37(55(2,3)4)19-23-47(36)64-50-32-39(57(8,9)10)31-49-53(50)62(52-41-30-38(56(5,6)7)20-24-51(41)65-54(52)64)46-34-44-45(61(17,18)28-27-60(44,15)16)35-48(46)63(49)40-21-22-42-43(33-40)59(13,14)26-25-58(42,11)12/h19-24,29-35H,25-28H2,1-18H3. The van der Waals surface area contributed by atoms with Crippen molar-refractivity contribution >= 4 is 68.4 Å². The van der Waals surface area contributed by atoms with Gasteiger partial charge in [0.15, 0.2) is 0 Å². The van der Waals surface area contributed by atoms with E-state index in [0.29, 0.717) is 0 Å². The Morgan fingerprint density at radius 1 is 0.462 bits per heavy atom. The highest BCUT2D eigenvalue weighted by atomic mass is 16.4. The molecule has 0 amide bonds. The predicted octanol–water partition coefficient (Wildman–Crippen LogP) is 15.4. The van der Waals surface area contributed by atoms with Gasteiger partial charge in [-0.1, -0.05) is 148 Å². The summed E-state index contributed by atoms with van der Waals surface area (Å²) in [6.07, 6.45) is 4.71. The summed E-state index contributed by atoms with van der Waals surface area (Å²) in [6.45, 7) is 43.1. The first-order valence-corrected chi connectivity index (χ1v) is 24.8. The average Bonchev–Trinajstić information content (AvgIpc) is 3.58. The van der Waals surface area contributed by atoms with Crippen molar-refractivity contribution in [2.24, 2.45) is 0 Å². The van der Waals surface area contributed by atoms with Crippen molar-refractivity contribution in [3.05, 3.63) is 123 Å². The topological polar surface area (TPSA) is 19.6 Å². The third-order valence-corrected chi connectivity index (χ3v) is 16.8. The highest BCUT2D eigenvalue weighted by molar-refractivity contribution is 7.01. The first kappa shape index (κ1) is 44.2. The van der Waals surface area contributed by atoms with Crippen molar-refractivity contribution < 1.29 is 4.42 Å². The molecule has 3 heterocycles. The van der Waals surface area contributed by atoms with E-state index >= 15 is 0 Å². The highest BCUT2D eigenvalue weighted by Gasteiger charge is 2.50. The molecule has 1 aromatic heterocycles. The highest BCUT2D eigenvalue weighted by Crippen LogP contribution is 2.54. The molecule has 0 N–H and O–H groups in total. The molecule has 0 spiro atoms. The number of nitrogens with zero attached hydrogens (tertiary/aromatic N) is 2. The SMILES string of the molecule is Cc1cc(C(C)(C)C)ccc1N1c2cc(C(C)(C)C)cc3c2B(c2cc4c(cc2N3c2ccc3c(c2)C(C)(C)CCC3(C)C)C(C)(C)CCC4(C)C)c2c1oc1ccc(C(C)(C)C)cc21. The number of hydrogen-bond donors (Lipinski definition) is 0. The van der Waals surface area contributed by atoms with Crippen LogP contribution in [-0.2, 0) is 37.9 Å². The van der Waals surface area contributed by atoms with Crippen LogP contribution >= 0.6 is 0 Å². The molecular formula is C61H75BN2O. The van der Waals surface area contributed by atoms with Crippen molar-refractivity contribution in [1.29, 1.82) is 0 Å². The number of furan rings is 1. The van der Waals surface area contributed by atoms with Gasteiger partial charge in [-0.15, -0.1) is 0 Å². The van der Waals surface area contributed by atoms with Crippen LogP contribution in [0.4, 0.5) is 34.3 Å². The number of aryl methyl sites for hydroxylation is 1. The van der Waals surface area contributed by atoms with Crippen LogP contribution in [0.1, 0.15) is 188 Å². The van der Waals surface area contributed by atoms with Gasteiger partial charge in [0.2, 0.25) is 5.88 Å². The molecule has 10 rings (SSSR count). The summed E-state index contributed by atoms with van der Waals surface area (Å²) in [7, 11) is 0. The molecule has 0 unspecified atom stereocenters. The number of fused-ring (bicyclic) bond motifs is 8. The first-order chi connectivity index (χ1) is 30.0. The van der Waals surface area contributed by atoms with Gasteiger partial charge in [0, 0.05) is 33.6 Å². The summed E-state index contributed by atoms with van der Waals surface area (Å²) in [5.41, 5.74) is 22.6. The minimum atomic E-state index is -0.122. The second kappa shape index (κ2) is 13.7. The Balaban J connectivity index is 1.38. The van der Waals surface area contributed by atoms with E-state index in [1.807, 2.05) is 0 Å². The maximum Gasteiger partial charge on any atom is 0.257 e. The van der Waals surface area contributed by atoms with Gasteiger partial charge in [0.1, 0.15) is 5.58 Å². The third kappa shape index (κ3) is 6.71. The molecule has 65 heavy (non-hydrogen) atoms. The fraction of sp³-hybridized carbons (Fsp3) is 0.475. The normalized spacial score (nSPS) is 19.1. The smallest absolute Gasteiger partial charge is 0.257 e. The molecular weight excluding hydrogens is 787 g/mol. The number of anilines is 6. The monoisotopic (exact) mass is 863 g/mol. The summed E-state index contributed by atoms with van der Waals surface area (Å²) in [4.78, 5) is 5.23. The number of hydrogen-bond acceptors (Lipinski definition) is 3. The Morgan fingerprint density at radius 2 is 0.969 bits per heavy atom. The summed E-state index contributed by atoms with van der Waals surface area (Å²) < 4.78 is 7.39. The zero-order chi connectivity index (χ0) is 46.9. The number of benzene rings is 5. The molecule has 0 radical (unpaired) electrons. The molecule has 0 saturated heterocycles. The van der Waals surface area contributed by atoms with Crippen molar-refractivity contribution in [3.8, 4) is 0 Å². The summed E-state index contributed by atoms with van der Waals surface area (Å²) >= 11 is 0. The zero-order valence-electron chi connectivity index (χ0n) is 43.2. The van der Waals surface area contributed by atoms with E-state index in [0.717, 1.165) is 11.5 Å². The van der Waals surface area contributed by atoms with Crippen LogP contribution in [-0.4, -0.2) is 6.71 Å². The fourth-order valence-electron chi connectivity index (χ4n) is 12.1. The quantitative estimate of drug-likeness (QED) is 0.161. The molecule has 4 aliphatic rings. The molecule has 2 aliphatic heterocycles. The molecule has 338 valence electrons. The Labute approximate surface area is 392 Å². The van der Waals surface area contributed by atoms with Crippen LogP contribution in [0.25, 0.3) is 11.0 Å². The Bertz CT molecular complexity index is 2970. The molecule has 3 nitrogen and oxygen atoms in total. The maximum atomic E-state index is 7.39. The van der Waals surface area contributed by atoms with Gasteiger partial charge < -0.3 is 9.32 Å². The van der Waals surface area contributed by atoms with Crippen LogP contribution in [0.15, 0.2) is 83.3 Å². The molecule has 0 bridgehead atoms. The molecule has 6 aromatic rings. The van der Waals surface area contributed by atoms with Gasteiger partial charge in [-0.2, -0.15) is 0 Å². The van der Waals surface area contributed by atoms with Crippen LogP contribution in [0.5, 0.6) is 0 Å².